The van der Waals surface area contributed by atoms with Crippen molar-refractivity contribution >= 4 is 15.9 Å². The monoisotopic (exact) mass is 397 g/mol. The molecular formula is C19H31N3O4S. The average molecular weight is 398 g/mol. The number of nitrogens with zero attached hydrogens (tertiary/aromatic N) is 2. The van der Waals surface area contributed by atoms with Crippen molar-refractivity contribution in [3.8, 4) is 0 Å². The highest BCUT2D eigenvalue weighted by Crippen LogP contribution is 2.21. The zero-order valence-electron chi connectivity index (χ0n) is 17.0. The van der Waals surface area contributed by atoms with Gasteiger partial charge in [0.2, 0.25) is 10.0 Å². The van der Waals surface area contributed by atoms with Gasteiger partial charge in [-0.3, -0.25) is 9.69 Å². The van der Waals surface area contributed by atoms with E-state index in [-0.39, 0.29) is 28.5 Å². The molecule has 152 valence electrons. The molecule has 1 fully saturated rings. The summed E-state index contributed by atoms with van der Waals surface area (Å²) < 4.78 is 31.1. The first-order valence-corrected chi connectivity index (χ1v) is 10.6. The minimum atomic E-state index is -3.50. The first kappa shape index (κ1) is 21.8. The first-order chi connectivity index (χ1) is 12.4. The maximum Gasteiger partial charge on any atom is 0.251 e. The second-order valence-corrected chi connectivity index (χ2v) is 10.1. The molecule has 7 nitrogen and oxygen atoms in total. The van der Waals surface area contributed by atoms with Crippen LogP contribution in [0.1, 0.15) is 38.1 Å². The molecule has 27 heavy (non-hydrogen) atoms. The Morgan fingerprint density at radius 2 is 1.70 bits per heavy atom. The van der Waals surface area contributed by atoms with E-state index in [0.29, 0.717) is 12.1 Å². The van der Waals surface area contributed by atoms with Crippen LogP contribution in [-0.4, -0.2) is 75.0 Å². The van der Waals surface area contributed by atoms with E-state index in [4.69, 9.17) is 4.74 Å². The summed E-state index contributed by atoms with van der Waals surface area (Å²) >= 11 is 0. The van der Waals surface area contributed by atoms with Gasteiger partial charge in [0.15, 0.2) is 0 Å². The number of amides is 1. The van der Waals surface area contributed by atoms with Crippen LogP contribution >= 0.6 is 0 Å². The highest BCUT2D eigenvalue weighted by Gasteiger charge is 2.33. The quantitative estimate of drug-likeness (QED) is 0.788. The van der Waals surface area contributed by atoms with E-state index in [0.717, 1.165) is 17.4 Å². The fraction of sp³-hybridized carbons (Fsp3) is 0.632. The predicted octanol–water partition coefficient (Wildman–Crippen LogP) is 1.55. The first-order valence-electron chi connectivity index (χ1n) is 9.15. The normalized spacial score (nSPS) is 22.0. The molecule has 0 unspecified atom stereocenters. The van der Waals surface area contributed by atoms with Crippen LogP contribution in [0, 0.1) is 0 Å². The molecule has 1 N–H and O–H groups in total. The van der Waals surface area contributed by atoms with Gasteiger partial charge in [-0.25, -0.2) is 12.7 Å². The Hall–Kier alpha value is -1.48. The molecule has 1 aromatic carbocycles. The Bertz CT molecular complexity index is 750. The number of sulfonamides is 1. The van der Waals surface area contributed by atoms with Crippen molar-refractivity contribution in [3.05, 3.63) is 29.8 Å². The molecule has 1 aromatic rings. The minimum Gasteiger partial charge on any atom is -0.373 e. The summed E-state index contributed by atoms with van der Waals surface area (Å²) in [7, 11) is -0.542. The summed E-state index contributed by atoms with van der Waals surface area (Å²) in [5.41, 5.74) is 0.225. The molecule has 8 heteroatoms. The van der Waals surface area contributed by atoms with Gasteiger partial charge in [0.1, 0.15) is 0 Å². The van der Waals surface area contributed by atoms with Crippen molar-refractivity contribution in [2.45, 2.75) is 50.3 Å². The number of hydrogen-bond acceptors (Lipinski definition) is 5. The third kappa shape index (κ3) is 5.28. The van der Waals surface area contributed by atoms with Crippen molar-refractivity contribution in [1.29, 1.82) is 0 Å². The van der Waals surface area contributed by atoms with E-state index >= 15 is 0 Å². The number of benzene rings is 1. The van der Waals surface area contributed by atoms with Crippen LogP contribution < -0.4 is 5.32 Å². The van der Waals surface area contributed by atoms with E-state index in [1.165, 1.54) is 38.4 Å². The van der Waals surface area contributed by atoms with E-state index in [9.17, 15) is 13.2 Å². The average Bonchev–Trinajstić information content (AvgIpc) is 2.59. The molecule has 0 saturated carbocycles. The van der Waals surface area contributed by atoms with Crippen LogP contribution in [-0.2, 0) is 14.8 Å². The molecule has 1 saturated heterocycles. The van der Waals surface area contributed by atoms with Gasteiger partial charge in [0, 0.05) is 44.8 Å². The molecule has 0 aliphatic carbocycles. The SMILES string of the molecule is C[C@H]1CN(C(C)(C)CNC(=O)c2ccc(S(=O)(=O)N(C)C)cc2)C[C@H](C)O1. The number of carbonyl (C=O) groups excluding carboxylic acids is 1. The van der Waals surface area contributed by atoms with Gasteiger partial charge >= 0.3 is 0 Å². The molecule has 1 aliphatic rings. The Balaban J connectivity index is 2.01. The van der Waals surface area contributed by atoms with Gasteiger partial charge < -0.3 is 10.1 Å². The number of carbonyl (C=O) groups is 1. The fourth-order valence-electron chi connectivity index (χ4n) is 3.17. The summed E-state index contributed by atoms with van der Waals surface area (Å²) in [4.78, 5) is 15.0. The molecular weight excluding hydrogens is 366 g/mol. The van der Waals surface area contributed by atoms with Crippen LogP contribution in [0.4, 0.5) is 0 Å². The van der Waals surface area contributed by atoms with Gasteiger partial charge in [-0.1, -0.05) is 0 Å². The Morgan fingerprint density at radius 1 is 1.19 bits per heavy atom. The molecule has 1 heterocycles. The standard InChI is InChI=1S/C19H31N3O4S/c1-14-11-22(12-15(2)26-14)19(3,4)13-20-18(23)16-7-9-17(10-8-16)27(24,25)21(5)6/h7-10,14-15H,11-13H2,1-6H3,(H,20,23)/t14-,15-/m0/s1. The topological polar surface area (TPSA) is 79.0 Å². The van der Waals surface area contributed by atoms with Crippen LogP contribution in [0.2, 0.25) is 0 Å². The highest BCUT2D eigenvalue weighted by atomic mass is 32.2. The second kappa shape index (κ2) is 8.26. The number of rotatable bonds is 6. The maximum absolute atomic E-state index is 12.5. The van der Waals surface area contributed by atoms with Crippen molar-refractivity contribution < 1.29 is 17.9 Å². The van der Waals surface area contributed by atoms with Gasteiger partial charge in [-0.15, -0.1) is 0 Å². The molecule has 1 aliphatic heterocycles. The van der Waals surface area contributed by atoms with Crippen molar-refractivity contribution in [2.24, 2.45) is 0 Å². The Morgan fingerprint density at radius 3 is 2.19 bits per heavy atom. The minimum absolute atomic E-state index is 0.162. The Kier molecular flexibility index (Phi) is 6.68. The number of ether oxygens (including phenoxy) is 1. The van der Waals surface area contributed by atoms with Gasteiger partial charge in [0.05, 0.1) is 17.1 Å². The van der Waals surface area contributed by atoms with Gasteiger partial charge in [-0.05, 0) is 52.0 Å². The summed E-state index contributed by atoms with van der Waals surface area (Å²) in [5.74, 6) is -0.216. The van der Waals surface area contributed by atoms with E-state index in [2.05, 4.69) is 37.9 Å². The number of hydrogen-bond donors (Lipinski definition) is 1. The van der Waals surface area contributed by atoms with Crippen molar-refractivity contribution in [3.63, 3.8) is 0 Å². The highest BCUT2D eigenvalue weighted by molar-refractivity contribution is 7.89. The lowest BCUT2D eigenvalue weighted by Crippen LogP contribution is -2.58. The summed E-state index contributed by atoms with van der Waals surface area (Å²) in [6, 6.07) is 6.00. The molecule has 0 spiro atoms. The zero-order chi connectivity index (χ0) is 20.4. The third-order valence-electron chi connectivity index (χ3n) is 4.85. The van der Waals surface area contributed by atoms with Gasteiger partial charge in [0.25, 0.3) is 5.91 Å². The Labute approximate surface area is 162 Å². The lowest BCUT2D eigenvalue weighted by molar-refractivity contribution is -0.0948. The predicted molar refractivity (Wildman–Crippen MR) is 105 cm³/mol. The summed E-state index contributed by atoms with van der Waals surface area (Å²) in [6.45, 7) is 10.5. The summed E-state index contributed by atoms with van der Waals surface area (Å²) in [5, 5.41) is 2.97. The van der Waals surface area contributed by atoms with Crippen molar-refractivity contribution in [1.82, 2.24) is 14.5 Å². The number of morpholine rings is 1. The lowest BCUT2D eigenvalue weighted by atomic mass is 10.00. The smallest absolute Gasteiger partial charge is 0.251 e. The van der Waals surface area contributed by atoms with E-state index in [1.807, 2.05) is 0 Å². The van der Waals surface area contributed by atoms with Crippen LogP contribution in [0.15, 0.2) is 29.2 Å². The molecule has 1 amide bonds. The molecule has 0 aromatic heterocycles. The van der Waals surface area contributed by atoms with Crippen LogP contribution in [0.3, 0.4) is 0 Å². The molecule has 0 radical (unpaired) electrons. The van der Waals surface area contributed by atoms with Crippen LogP contribution in [0.25, 0.3) is 0 Å². The van der Waals surface area contributed by atoms with E-state index in [1.54, 1.807) is 0 Å². The molecule has 2 atom stereocenters. The van der Waals surface area contributed by atoms with E-state index < -0.39 is 10.0 Å². The lowest BCUT2D eigenvalue weighted by Gasteiger charge is -2.45. The van der Waals surface area contributed by atoms with Gasteiger partial charge in [-0.2, -0.15) is 0 Å². The fourth-order valence-corrected chi connectivity index (χ4v) is 4.07. The summed E-state index contributed by atoms with van der Waals surface area (Å²) in [6.07, 6.45) is 0.324. The third-order valence-corrected chi connectivity index (χ3v) is 6.68. The molecule has 2 rings (SSSR count). The largest absolute Gasteiger partial charge is 0.373 e. The van der Waals surface area contributed by atoms with Crippen LogP contribution in [0.5, 0.6) is 0 Å². The molecule has 0 bridgehead atoms. The maximum atomic E-state index is 12.5. The van der Waals surface area contributed by atoms with Crippen molar-refractivity contribution in [2.75, 3.05) is 33.7 Å². The number of nitrogens with one attached hydrogen (secondary N) is 1. The second-order valence-electron chi connectivity index (χ2n) is 7.97. The zero-order valence-corrected chi connectivity index (χ0v) is 17.8.